The predicted molar refractivity (Wildman–Crippen MR) is 45.7 cm³/mol. The van der Waals surface area contributed by atoms with Crippen LogP contribution in [0.4, 0.5) is 0 Å². The third kappa shape index (κ3) is 1.47. The van der Waals surface area contributed by atoms with Gasteiger partial charge in [-0.3, -0.25) is 0 Å². The molecule has 0 aromatic heterocycles. The first-order valence-corrected chi connectivity index (χ1v) is 3.52. The lowest BCUT2D eigenvalue weighted by Crippen LogP contribution is -2.32. The topological polar surface area (TPSA) is 64.2 Å². The number of aryl methyl sites for hydroxylation is 1. The minimum absolute atomic E-state index is 0.262. The van der Waals surface area contributed by atoms with E-state index in [4.69, 9.17) is 15.3 Å². The van der Waals surface area contributed by atoms with Crippen LogP contribution in [0.1, 0.15) is 11.1 Å². The third-order valence-electron chi connectivity index (χ3n) is 1.69. The van der Waals surface area contributed by atoms with Gasteiger partial charge in [0.05, 0.1) is 11.6 Å². The Morgan fingerprint density at radius 2 is 2.08 bits per heavy atom. The highest BCUT2D eigenvalue weighted by Crippen LogP contribution is 2.02. The predicted octanol–water partition coefficient (Wildman–Crippen LogP) is -0.454. The lowest BCUT2D eigenvalue weighted by atomic mass is 9.76. The first-order chi connectivity index (χ1) is 5.66. The normalized spacial score (nSPS) is 9.17. The SMILES string of the molecule is Cc1cccc(B(O)O)c1C#N. The van der Waals surface area contributed by atoms with Gasteiger partial charge in [-0.2, -0.15) is 5.26 Å². The van der Waals surface area contributed by atoms with E-state index >= 15 is 0 Å². The summed E-state index contributed by atoms with van der Waals surface area (Å²) < 4.78 is 0. The van der Waals surface area contributed by atoms with Gasteiger partial charge in [0.25, 0.3) is 0 Å². The van der Waals surface area contributed by atoms with Crippen molar-refractivity contribution in [1.29, 1.82) is 5.26 Å². The number of hydrogen-bond acceptors (Lipinski definition) is 3. The van der Waals surface area contributed by atoms with Crippen molar-refractivity contribution in [2.75, 3.05) is 0 Å². The molecule has 0 amide bonds. The van der Waals surface area contributed by atoms with Crippen LogP contribution in [0.2, 0.25) is 0 Å². The van der Waals surface area contributed by atoms with Gasteiger partial charge in [0.2, 0.25) is 0 Å². The molecule has 0 spiro atoms. The summed E-state index contributed by atoms with van der Waals surface area (Å²) in [5.74, 6) is 0. The summed E-state index contributed by atoms with van der Waals surface area (Å²) in [7, 11) is -1.57. The summed E-state index contributed by atoms with van der Waals surface area (Å²) in [5, 5.41) is 26.4. The fraction of sp³-hybridized carbons (Fsp3) is 0.125. The molecule has 0 aliphatic carbocycles. The molecule has 0 heterocycles. The average Bonchev–Trinajstić information content (AvgIpc) is 2.03. The standard InChI is InChI=1S/C8H8BNO2/c1-6-3-2-4-8(9(11)12)7(6)5-10/h2-4,11-12H,1H3. The van der Waals surface area contributed by atoms with Crippen LogP contribution in [0, 0.1) is 18.3 Å². The minimum Gasteiger partial charge on any atom is -0.423 e. The van der Waals surface area contributed by atoms with Crippen molar-refractivity contribution in [3.63, 3.8) is 0 Å². The molecule has 1 aromatic rings. The van der Waals surface area contributed by atoms with Gasteiger partial charge in [-0.15, -0.1) is 0 Å². The third-order valence-corrected chi connectivity index (χ3v) is 1.69. The maximum Gasteiger partial charge on any atom is 0.489 e. The Morgan fingerprint density at radius 3 is 2.50 bits per heavy atom. The fourth-order valence-corrected chi connectivity index (χ4v) is 1.06. The maximum atomic E-state index is 8.86. The molecule has 0 bridgehead atoms. The van der Waals surface area contributed by atoms with Crippen molar-refractivity contribution < 1.29 is 10.0 Å². The molecule has 0 atom stereocenters. The van der Waals surface area contributed by atoms with Crippen molar-refractivity contribution in [2.24, 2.45) is 0 Å². The maximum absolute atomic E-state index is 8.86. The molecule has 1 rings (SSSR count). The van der Waals surface area contributed by atoms with Crippen LogP contribution in [-0.4, -0.2) is 17.2 Å². The number of benzene rings is 1. The van der Waals surface area contributed by atoms with Gasteiger partial charge in [-0.1, -0.05) is 18.2 Å². The Balaban J connectivity index is 3.30. The highest BCUT2D eigenvalue weighted by molar-refractivity contribution is 6.59. The number of nitrogens with zero attached hydrogens (tertiary/aromatic N) is 1. The van der Waals surface area contributed by atoms with E-state index in [0.29, 0.717) is 5.56 Å². The van der Waals surface area contributed by atoms with Gasteiger partial charge in [-0.25, -0.2) is 0 Å². The van der Waals surface area contributed by atoms with Crippen molar-refractivity contribution >= 4 is 12.6 Å². The molecule has 0 saturated carbocycles. The Morgan fingerprint density at radius 1 is 1.42 bits per heavy atom. The van der Waals surface area contributed by atoms with E-state index in [0.717, 1.165) is 5.56 Å². The number of rotatable bonds is 1. The summed E-state index contributed by atoms with van der Waals surface area (Å²) in [5.41, 5.74) is 1.35. The van der Waals surface area contributed by atoms with Gasteiger partial charge >= 0.3 is 7.12 Å². The second-order valence-electron chi connectivity index (χ2n) is 2.52. The molecular formula is C8H8BNO2. The summed E-state index contributed by atoms with van der Waals surface area (Å²) in [6, 6.07) is 6.89. The fourth-order valence-electron chi connectivity index (χ4n) is 1.06. The molecule has 0 radical (unpaired) electrons. The van der Waals surface area contributed by atoms with Crippen LogP contribution in [-0.2, 0) is 0 Å². The molecule has 3 nitrogen and oxygen atoms in total. The zero-order valence-corrected chi connectivity index (χ0v) is 6.65. The van der Waals surface area contributed by atoms with Gasteiger partial charge in [0, 0.05) is 5.46 Å². The van der Waals surface area contributed by atoms with E-state index < -0.39 is 7.12 Å². The van der Waals surface area contributed by atoms with Crippen molar-refractivity contribution in [2.45, 2.75) is 6.92 Å². The van der Waals surface area contributed by atoms with Crippen LogP contribution in [0.5, 0.6) is 0 Å². The molecule has 0 aliphatic heterocycles. The first-order valence-electron chi connectivity index (χ1n) is 3.52. The monoisotopic (exact) mass is 161 g/mol. The molecule has 0 fully saturated rings. The molecule has 1 aromatic carbocycles. The van der Waals surface area contributed by atoms with Gasteiger partial charge in [0.15, 0.2) is 0 Å². The molecular weight excluding hydrogens is 153 g/mol. The molecule has 0 aliphatic rings. The van der Waals surface area contributed by atoms with Crippen LogP contribution in [0.3, 0.4) is 0 Å². The summed E-state index contributed by atoms with van der Waals surface area (Å²) >= 11 is 0. The smallest absolute Gasteiger partial charge is 0.423 e. The van der Waals surface area contributed by atoms with E-state index in [-0.39, 0.29) is 5.46 Å². The van der Waals surface area contributed by atoms with E-state index in [9.17, 15) is 0 Å². The van der Waals surface area contributed by atoms with E-state index in [1.165, 1.54) is 6.07 Å². The van der Waals surface area contributed by atoms with Crippen molar-refractivity contribution in [3.05, 3.63) is 29.3 Å². The number of nitriles is 1. The Labute approximate surface area is 71.0 Å². The molecule has 12 heavy (non-hydrogen) atoms. The Bertz CT molecular complexity index is 330. The van der Waals surface area contributed by atoms with Crippen LogP contribution in [0.15, 0.2) is 18.2 Å². The lowest BCUT2D eigenvalue weighted by Gasteiger charge is -2.03. The highest BCUT2D eigenvalue weighted by Gasteiger charge is 2.16. The summed E-state index contributed by atoms with van der Waals surface area (Å²) in [6.45, 7) is 1.75. The Hall–Kier alpha value is -1.31. The highest BCUT2D eigenvalue weighted by atomic mass is 16.4. The van der Waals surface area contributed by atoms with E-state index in [2.05, 4.69) is 0 Å². The van der Waals surface area contributed by atoms with E-state index in [1.807, 2.05) is 6.07 Å². The van der Waals surface area contributed by atoms with Crippen molar-refractivity contribution in [1.82, 2.24) is 0 Å². The first kappa shape index (κ1) is 8.79. The molecule has 4 heteroatoms. The van der Waals surface area contributed by atoms with Gasteiger partial charge < -0.3 is 10.0 Å². The van der Waals surface area contributed by atoms with Crippen LogP contribution < -0.4 is 5.46 Å². The summed E-state index contributed by atoms with van der Waals surface area (Å²) in [4.78, 5) is 0. The molecule has 2 N–H and O–H groups in total. The quantitative estimate of drug-likeness (QED) is 0.548. The lowest BCUT2D eigenvalue weighted by molar-refractivity contribution is 0.425. The molecule has 60 valence electrons. The Kier molecular flexibility index (Phi) is 2.49. The van der Waals surface area contributed by atoms with E-state index in [1.54, 1.807) is 19.1 Å². The zero-order chi connectivity index (χ0) is 9.14. The summed E-state index contributed by atoms with van der Waals surface area (Å²) in [6.07, 6.45) is 0. The minimum atomic E-state index is -1.57. The second kappa shape index (κ2) is 3.39. The van der Waals surface area contributed by atoms with Crippen LogP contribution >= 0.6 is 0 Å². The van der Waals surface area contributed by atoms with Crippen LogP contribution in [0.25, 0.3) is 0 Å². The molecule has 0 saturated heterocycles. The molecule has 0 unspecified atom stereocenters. The zero-order valence-electron chi connectivity index (χ0n) is 6.65. The van der Waals surface area contributed by atoms with Crippen molar-refractivity contribution in [3.8, 4) is 6.07 Å². The average molecular weight is 161 g/mol. The largest absolute Gasteiger partial charge is 0.489 e. The number of hydrogen-bond donors (Lipinski definition) is 2. The second-order valence-corrected chi connectivity index (χ2v) is 2.52. The van der Waals surface area contributed by atoms with Gasteiger partial charge in [0.1, 0.15) is 0 Å². The van der Waals surface area contributed by atoms with Gasteiger partial charge in [-0.05, 0) is 12.5 Å².